The minimum atomic E-state index is -0.552. The van der Waals surface area contributed by atoms with E-state index in [0.717, 1.165) is 0 Å². The van der Waals surface area contributed by atoms with Crippen molar-refractivity contribution >= 4 is 12.0 Å². The number of amides is 2. The van der Waals surface area contributed by atoms with E-state index in [0.29, 0.717) is 24.7 Å². The van der Waals surface area contributed by atoms with Crippen molar-refractivity contribution in [3.8, 4) is 11.5 Å². The molecule has 114 valence electrons. The summed E-state index contributed by atoms with van der Waals surface area (Å²) < 4.78 is 15.7. The van der Waals surface area contributed by atoms with Crippen LogP contribution < -0.4 is 20.1 Å². The Morgan fingerprint density at radius 1 is 1.29 bits per heavy atom. The monoisotopic (exact) mass is 294 g/mol. The average molecular weight is 294 g/mol. The van der Waals surface area contributed by atoms with Crippen molar-refractivity contribution in [3.63, 3.8) is 0 Å². The molecule has 7 heteroatoms. The Morgan fingerprint density at radius 2 is 2.05 bits per heavy atom. The number of fused-ring (bicyclic) bond motifs is 1. The van der Waals surface area contributed by atoms with E-state index >= 15 is 0 Å². The predicted molar refractivity (Wildman–Crippen MR) is 74.4 cm³/mol. The first-order valence-corrected chi connectivity index (χ1v) is 6.66. The fraction of sp³-hybridized carbons (Fsp3) is 0.429. The van der Waals surface area contributed by atoms with Gasteiger partial charge in [-0.25, -0.2) is 4.79 Å². The molecule has 1 atom stereocenters. The van der Waals surface area contributed by atoms with Crippen LogP contribution in [0, 0.1) is 0 Å². The summed E-state index contributed by atoms with van der Waals surface area (Å²) in [6, 6.07) is 7.40. The highest BCUT2D eigenvalue weighted by molar-refractivity contribution is 5.77. The molecule has 0 fully saturated rings. The SMILES string of the molecule is COC(=O)NCCC(=O)NC[C@@H]1COc2ccccc2O1. The number of ether oxygens (including phenoxy) is 3. The van der Waals surface area contributed by atoms with Crippen LogP contribution in [0.2, 0.25) is 0 Å². The maximum absolute atomic E-state index is 11.6. The van der Waals surface area contributed by atoms with Gasteiger partial charge >= 0.3 is 6.09 Å². The van der Waals surface area contributed by atoms with Gasteiger partial charge in [0, 0.05) is 13.0 Å². The van der Waals surface area contributed by atoms with E-state index in [4.69, 9.17) is 9.47 Å². The van der Waals surface area contributed by atoms with Crippen molar-refractivity contribution in [2.75, 3.05) is 26.8 Å². The summed E-state index contributed by atoms with van der Waals surface area (Å²) in [5, 5.41) is 5.18. The van der Waals surface area contributed by atoms with Gasteiger partial charge in [-0.1, -0.05) is 12.1 Å². The fourth-order valence-electron chi connectivity index (χ4n) is 1.83. The Kier molecular flexibility index (Phi) is 5.25. The molecule has 7 nitrogen and oxygen atoms in total. The molecular weight excluding hydrogens is 276 g/mol. The molecule has 0 aromatic heterocycles. The van der Waals surface area contributed by atoms with Crippen LogP contribution in [0.3, 0.4) is 0 Å². The number of nitrogens with one attached hydrogen (secondary N) is 2. The van der Waals surface area contributed by atoms with Crippen LogP contribution >= 0.6 is 0 Å². The van der Waals surface area contributed by atoms with Gasteiger partial charge in [0.15, 0.2) is 11.5 Å². The van der Waals surface area contributed by atoms with Crippen LogP contribution in [0.15, 0.2) is 24.3 Å². The molecule has 0 unspecified atom stereocenters. The lowest BCUT2D eigenvalue weighted by Crippen LogP contribution is -2.41. The normalized spacial score (nSPS) is 16.0. The van der Waals surface area contributed by atoms with Crippen molar-refractivity contribution in [2.24, 2.45) is 0 Å². The fourth-order valence-corrected chi connectivity index (χ4v) is 1.83. The summed E-state index contributed by atoms with van der Waals surface area (Å²) in [6.07, 6.45) is -0.597. The Morgan fingerprint density at radius 3 is 2.81 bits per heavy atom. The van der Waals surface area contributed by atoms with Crippen LogP contribution in [0.5, 0.6) is 11.5 Å². The van der Waals surface area contributed by atoms with E-state index in [1.54, 1.807) is 0 Å². The van der Waals surface area contributed by atoms with Crippen molar-refractivity contribution in [3.05, 3.63) is 24.3 Å². The lowest BCUT2D eigenvalue weighted by molar-refractivity contribution is -0.121. The number of methoxy groups -OCH3 is 1. The topological polar surface area (TPSA) is 85.9 Å². The maximum Gasteiger partial charge on any atom is 0.406 e. The largest absolute Gasteiger partial charge is 0.486 e. The number of carbonyl (C=O) groups excluding carboxylic acids is 2. The third kappa shape index (κ3) is 4.55. The van der Waals surface area contributed by atoms with Gasteiger partial charge in [0.05, 0.1) is 13.7 Å². The van der Waals surface area contributed by atoms with Gasteiger partial charge in [-0.3, -0.25) is 4.79 Å². The van der Waals surface area contributed by atoms with Crippen molar-refractivity contribution in [1.82, 2.24) is 10.6 Å². The molecule has 0 spiro atoms. The van der Waals surface area contributed by atoms with Crippen LogP contribution in [-0.2, 0) is 9.53 Å². The number of rotatable bonds is 5. The Labute approximate surface area is 122 Å². The minimum absolute atomic E-state index is 0.172. The third-order valence-corrected chi connectivity index (χ3v) is 2.90. The highest BCUT2D eigenvalue weighted by Gasteiger charge is 2.20. The Balaban J connectivity index is 1.67. The smallest absolute Gasteiger partial charge is 0.406 e. The quantitative estimate of drug-likeness (QED) is 0.834. The van der Waals surface area contributed by atoms with Crippen molar-refractivity contribution in [1.29, 1.82) is 0 Å². The van der Waals surface area contributed by atoms with Gasteiger partial charge in [0.2, 0.25) is 5.91 Å². The number of hydrogen-bond acceptors (Lipinski definition) is 5. The summed E-state index contributed by atoms with van der Waals surface area (Å²) in [6.45, 7) is 0.965. The Bertz CT molecular complexity index is 506. The molecule has 0 radical (unpaired) electrons. The molecule has 1 aliphatic rings. The Hall–Kier alpha value is -2.44. The van der Waals surface area contributed by atoms with E-state index in [2.05, 4.69) is 15.4 Å². The summed E-state index contributed by atoms with van der Waals surface area (Å²) in [4.78, 5) is 22.4. The number of alkyl carbamates (subject to hydrolysis) is 1. The molecule has 21 heavy (non-hydrogen) atoms. The summed E-state index contributed by atoms with van der Waals surface area (Å²) in [5.41, 5.74) is 0. The van der Waals surface area contributed by atoms with E-state index in [1.165, 1.54) is 7.11 Å². The van der Waals surface area contributed by atoms with Crippen LogP contribution in [0.4, 0.5) is 4.79 Å². The van der Waals surface area contributed by atoms with Gasteiger partial charge in [-0.2, -0.15) is 0 Å². The summed E-state index contributed by atoms with van der Waals surface area (Å²) in [7, 11) is 1.27. The second-order valence-corrected chi connectivity index (χ2v) is 4.47. The summed E-state index contributed by atoms with van der Waals surface area (Å²) in [5.74, 6) is 1.21. The molecule has 0 aliphatic carbocycles. The van der Waals surface area contributed by atoms with Gasteiger partial charge in [0.25, 0.3) is 0 Å². The molecule has 1 aromatic carbocycles. The van der Waals surface area contributed by atoms with Gasteiger partial charge in [0.1, 0.15) is 12.7 Å². The number of hydrogen-bond donors (Lipinski definition) is 2. The molecule has 1 aromatic rings. The van der Waals surface area contributed by atoms with Crippen LogP contribution in [0.1, 0.15) is 6.42 Å². The zero-order chi connectivity index (χ0) is 15.1. The van der Waals surface area contributed by atoms with Crippen LogP contribution in [0.25, 0.3) is 0 Å². The number of benzene rings is 1. The zero-order valence-electron chi connectivity index (χ0n) is 11.8. The minimum Gasteiger partial charge on any atom is -0.486 e. The first-order chi connectivity index (χ1) is 10.2. The lowest BCUT2D eigenvalue weighted by atomic mass is 10.2. The second kappa shape index (κ2) is 7.37. The number of carbonyl (C=O) groups is 2. The highest BCUT2D eigenvalue weighted by atomic mass is 16.6. The predicted octanol–water partition coefficient (Wildman–Crippen LogP) is 0.689. The van der Waals surface area contributed by atoms with Gasteiger partial charge < -0.3 is 24.8 Å². The van der Waals surface area contributed by atoms with E-state index in [1.807, 2.05) is 24.3 Å². The standard InChI is InChI=1S/C14H18N2O5/c1-19-14(18)15-7-6-13(17)16-8-10-9-20-11-4-2-3-5-12(11)21-10/h2-5,10H,6-9H2,1H3,(H,15,18)(H,16,17)/t10-/m1/s1. The molecule has 2 N–H and O–H groups in total. The molecule has 2 amide bonds. The maximum atomic E-state index is 11.6. The first kappa shape index (κ1) is 15.0. The van der Waals surface area contributed by atoms with Crippen molar-refractivity contribution < 1.29 is 23.8 Å². The van der Waals surface area contributed by atoms with Gasteiger partial charge in [-0.15, -0.1) is 0 Å². The second-order valence-electron chi connectivity index (χ2n) is 4.47. The van der Waals surface area contributed by atoms with E-state index in [9.17, 15) is 9.59 Å². The molecule has 1 heterocycles. The molecule has 0 saturated carbocycles. The summed E-state index contributed by atoms with van der Waals surface area (Å²) >= 11 is 0. The van der Waals surface area contributed by atoms with Crippen molar-refractivity contribution in [2.45, 2.75) is 12.5 Å². The van der Waals surface area contributed by atoms with E-state index in [-0.39, 0.29) is 25.0 Å². The lowest BCUT2D eigenvalue weighted by Gasteiger charge is -2.26. The zero-order valence-corrected chi connectivity index (χ0v) is 11.8. The molecule has 0 saturated heterocycles. The highest BCUT2D eigenvalue weighted by Crippen LogP contribution is 2.30. The average Bonchev–Trinajstić information content (AvgIpc) is 2.52. The molecule has 2 rings (SSSR count). The molecule has 1 aliphatic heterocycles. The van der Waals surface area contributed by atoms with E-state index < -0.39 is 6.09 Å². The number of para-hydroxylation sites is 2. The van der Waals surface area contributed by atoms with Crippen LogP contribution in [-0.4, -0.2) is 44.9 Å². The molecule has 0 bridgehead atoms. The first-order valence-electron chi connectivity index (χ1n) is 6.66. The van der Waals surface area contributed by atoms with Gasteiger partial charge in [-0.05, 0) is 12.1 Å². The molecular formula is C14H18N2O5. The third-order valence-electron chi connectivity index (χ3n) is 2.90.